The predicted molar refractivity (Wildman–Crippen MR) is 183 cm³/mol. The molecule has 0 aliphatic heterocycles. The van der Waals surface area contributed by atoms with Crippen LogP contribution in [0.15, 0.2) is 102 Å². The average Bonchev–Trinajstić information content (AvgIpc) is 3.04. The van der Waals surface area contributed by atoms with Gasteiger partial charge in [0.15, 0.2) is 0 Å². The first kappa shape index (κ1) is 31.5. The van der Waals surface area contributed by atoms with Crippen LogP contribution in [0, 0.1) is 0 Å². The van der Waals surface area contributed by atoms with Crippen LogP contribution in [0.4, 0.5) is 10.5 Å². The summed E-state index contributed by atoms with van der Waals surface area (Å²) >= 11 is 0. The Morgan fingerprint density at radius 3 is 2.07 bits per heavy atom. The van der Waals surface area contributed by atoms with E-state index in [-0.39, 0.29) is 23.4 Å². The number of para-hydroxylation sites is 2. The van der Waals surface area contributed by atoms with Crippen LogP contribution in [-0.4, -0.2) is 27.1 Å². The molecule has 1 aromatic heterocycles. The zero-order chi connectivity index (χ0) is 32.1. The Balaban J connectivity index is 1.66. The van der Waals surface area contributed by atoms with Gasteiger partial charge in [0.05, 0.1) is 29.2 Å². The highest BCUT2D eigenvalue weighted by atomic mass is 16.5. The zero-order valence-corrected chi connectivity index (χ0v) is 27.0. The fourth-order valence-electron chi connectivity index (χ4n) is 5.72. The Labute approximate surface area is 265 Å². The number of hydrogen-bond acceptors (Lipinski definition) is 4. The molecule has 0 saturated heterocycles. The van der Waals surface area contributed by atoms with Crippen molar-refractivity contribution in [2.75, 3.05) is 11.9 Å². The molecule has 0 fully saturated rings. The van der Waals surface area contributed by atoms with E-state index in [4.69, 9.17) is 9.72 Å². The zero-order valence-electron chi connectivity index (χ0n) is 27.0. The van der Waals surface area contributed by atoms with Gasteiger partial charge in [0, 0.05) is 12.2 Å². The molecule has 1 unspecified atom stereocenters. The fourth-order valence-corrected chi connectivity index (χ4v) is 5.72. The number of aromatic nitrogens is 2. The van der Waals surface area contributed by atoms with Gasteiger partial charge in [-0.2, -0.15) is 0 Å². The molecule has 232 valence electrons. The number of anilines is 1. The summed E-state index contributed by atoms with van der Waals surface area (Å²) in [6.07, 6.45) is 0. The second kappa shape index (κ2) is 13.8. The molecule has 7 heteroatoms. The molecule has 0 bridgehead atoms. The van der Waals surface area contributed by atoms with E-state index in [0.717, 1.165) is 22.4 Å². The van der Waals surface area contributed by atoms with Gasteiger partial charge in [0.25, 0.3) is 5.56 Å². The summed E-state index contributed by atoms with van der Waals surface area (Å²) in [5.41, 5.74) is 5.01. The molecule has 0 aliphatic carbocycles. The van der Waals surface area contributed by atoms with Crippen LogP contribution in [0.1, 0.15) is 81.9 Å². The summed E-state index contributed by atoms with van der Waals surface area (Å²) < 4.78 is 7.28. The summed E-state index contributed by atoms with van der Waals surface area (Å²) in [5, 5.41) is 3.81. The summed E-state index contributed by atoms with van der Waals surface area (Å²) in [6.45, 7) is 13.3. The van der Waals surface area contributed by atoms with Crippen molar-refractivity contribution >= 4 is 22.6 Å². The third-order valence-electron chi connectivity index (χ3n) is 8.11. The smallest absolute Gasteiger partial charge is 0.322 e. The van der Waals surface area contributed by atoms with E-state index in [2.05, 4.69) is 51.2 Å². The number of carbonyl (C=O) groups is 1. The molecule has 5 aromatic rings. The molecule has 1 atom stereocenters. The summed E-state index contributed by atoms with van der Waals surface area (Å²) in [6, 6.07) is 30.0. The first-order valence-electron chi connectivity index (χ1n) is 15.7. The van der Waals surface area contributed by atoms with Crippen molar-refractivity contribution in [1.29, 1.82) is 0 Å². The fraction of sp³-hybridized carbons (Fsp3) is 0.289. The van der Waals surface area contributed by atoms with E-state index in [0.29, 0.717) is 41.3 Å². The van der Waals surface area contributed by atoms with Crippen molar-refractivity contribution in [1.82, 2.24) is 14.5 Å². The number of carbonyl (C=O) groups excluding carboxylic acids is 1. The summed E-state index contributed by atoms with van der Waals surface area (Å²) in [4.78, 5) is 35.4. The van der Waals surface area contributed by atoms with Crippen molar-refractivity contribution in [3.63, 3.8) is 0 Å². The quantitative estimate of drug-likeness (QED) is 0.173. The lowest BCUT2D eigenvalue weighted by Gasteiger charge is -2.32. The number of nitrogens with one attached hydrogen (secondary N) is 1. The summed E-state index contributed by atoms with van der Waals surface area (Å²) in [5.74, 6) is 1.61. The monoisotopic (exact) mass is 602 g/mol. The molecule has 45 heavy (non-hydrogen) atoms. The highest BCUT2D eigenvalue weighted by Gasteiger charge is 2.29. The number of urea groups is 1. The standard InChI is InChI=1S/C38H42N4O3/c1-7-45-30-22-20-29(21-23-30)42-36(39-34-19-12-11-16-33(34)37(42)43)27(6)41(24-28-14-9-8-10-15-28)38(44)40-35-31(25(2)3)17-13-18-32(35)26(4)5/h8-23,25-27H,7,24H2,1-6H3,(H,40,44). The first-order valence-corrected chi connectivity index (χ1v) is 15.7. The van der Waals surface area contributed by atoms with Crippen molar-refractivity contribution < 1.29 is 9.53 Å². The average molecular weight is 603 g/mol. The first-order chi connectivity index (χ1) is 21.7. The van der Waals surface area contributed by atoms with Gasteiger partial charge in [-0.15, -0.1) is 0 Å². The molecular weight excluding hydrogens is 560 g/mol. The van der Waals surface area contributed by atoms with E-state index >= 15 is 0 Å². The van der Waals surface area contributed by atoms with E-state index in [9.17, 15) is 9.59 Å². The van der Waals surface area contributed by atoms with Crippen LogP contribution in [0.3, 0.4) is 0 Å². The Hall–Kier alpha value is -4.91. The number of benzene rings is 4. The van der Waals surface area contributed by atoms with Gasteiger partial charge in [-0.25, -0.2) is 9.78 Å². The maximum Gasteiger partial charge on any atom is 0.322 e. The number of nitrogens with zero attached hydrogens (tertiary/aromatic N) is 3. The van der Waals surface area contributed by atoms with Crippen molar-refractivity contribution in [3.05, 3.63) is 130 Å². The van der Waals surface area contributed by atoms with Crippen LogP contribution in [-0.2, 0) is 6.54 Å². The van der Waals surface area contributed by atoms with Gasteiger partial charge < -0.3 is 15.0 Å². The van der Waals surface area contributed by atoms with Crippen molar-refractivity contribution in [2.45, 2.75) is 66.0 Å². The second-order valence-electron chi connectivity index (χ2n) is 11.9. The van der Waals surface area contributed by atoms with Gasteiger partial charge in [0.1, 0.15) is 11.6 Å². The molecule has 0 saturated carbocycles. The molecule has 2 amide bonds. The molecule has 5 rings (SSSR count). The van der Waals surface area contributed by atoms with Crippen LogP contribution < -0.4 is 15.6 Å². The molecule has 7 nitrogen and oxygen atoms in total. The maximum atomic E-state index is 14.5. The number of rotatable bonds is 10. The van der Waals surface area contributed by atoms with Crippen molar-refractivity contribution in [2.24, 2.45) is 0 Å². The number of fused-ring (bicyclic) bond motifs is 1. The Morgan fingerprint density at radius 2 is 1.44 bits per heavy atom. The predicted octanol–water partition coefficient (Wildman–Crippen LogP) is 8.83. The third kappa shape index (κ3) is 6.78. The number of ether oxygens (including phenoxy) is 1. The minimum atomic E-state index is -0.581. The SMILES string of the molecule is CCOc1ccc(-n2c(C(C)N(Cc3ccccc3)C(=O)Nc3c(C(C)C)cccc3C(C)C)nc3ccccc3c2=O)cc1. The third-order valence-corrected chi connectivity index (χ3v) is 8.11. The van der Waals surface area contributed by atoms with Gasteiger partial charge in [-0.3, -0.25) is 9.36 Å². The van der Waals surface area contributed by atoms with Crippen LogP contribution in [0.25, 0.3) is 16.6 Å². The van der Waals surface area contributed by atoms with Crippen LogP contribution in [0.2, 0.25) is 0 Å². The highest BCUT2D eigenvalue weighted by molar-refractivity contribution is 5.92. The molecular formula is C38H42N4O3. The van der Waals surface area contributed by atoms with Gasteiger partial charge in [0.2, 0.25) is 0 Å². The van der Waals surface area contributed by atoms with Crippen molar-refractivity contribution in [3.8, 4) is 11.4 Å². The lowest BCUT2D eigenvalue weighted by atomic mass is 9.92. The molecule has 0 spiro atoms. The molecule has 4 aromatic carbocycles. The minimum Gasteiger partial charge on any atom is -0.494 e. The van der Waals surface area contributed by atoms with Crippen LogP contribution in [0.5, 0.6) is 5.75 Å². The van der Waals surface area contributed by atoms with E-state index in [1.807, 2.05) is 86.6 Å². The lowest BCUT2D eigenvalue weighted by molar-refractivity contribution is 0.185. The number of hydrogen-bond donors (Lipinski definition) is 1. The Bertz CT molecular complexity index is 1800. The largest absolute Gasteiger partial charge is 0.494 e. The molecule has 0 radical (unpaired) electrons. The molecule has 0 aliphatic rings. The van der Waals surface area contributed by atoms with E-state index in [1.165, 1.54) is 0 Å². The van der Waals surface area contributed by atoms with E-state index in [1.54, 1.807) is 15.5 Å². The molecule has 1 N–H and O–H groups in total. The Morgan fingerprint density at radius 1 is 0.822 bits per heavy atom. The lowest BCUT2D eigenvalue weighted by Crippen LogP contribution is -2.40. The van der Waals surface area contributed by atoms with Gasteiger partial charge >= 0.3 is 6.03 Å². The highest BCUT2D eigenvalue weighted by Crippen LogP contribution is 2.34. The topological polar surface area (TPSA) is 76.5 Å². The number of amides is 2. The summed E-state index contributed by atoms with van der Waals surface area (Å²) in [7, 11) is 0. The normalized spacial score (nSPS) is 12.0. The Kier molecular flexibility index (Phi) is 9.67. The second-order valence-corrected chi connectivity index (χ2v) is 11.9. The van der Waals surface area contributed by atoms with Gasteiger partial charge in [-0.05, 0) is 78.8 Å². The van der Waals surface area contributed by atoms with Crippen LogP contribution >= 0.6 is 0 Å². The molecule has 1 heterocycles. The maximum absolute atomic E-state index is 14.5. The van der Waals surface area contributed by atoms with Gasteiger partial charge in [-0.1, -0.05) is 88.4 Å². The van der Waals surface area contributed by atoms with E-state index < -0.39 is 6.04 Å². The minimum absolute atomic E-state index is 0.195.